The highest BCUT2D eigenvalue weighted by molar-refractivity contribution is 5.21. The van der Waals surface area contributed by atoms with Gasteiger partial charge in [0.05, 0.1) is 12.2 Å². The van der Waals surface area contributed by atoms with E-state index in [9.17, 15) is 10.2 Å². The van der Waals surface area contributed by atoms with E-state index in [0.717, 1.165) is 42.9 Å². The summed E-state index contributed by atoms with van der Waals surface area (Å²) in [7, 11) is 0. The molecular formula is C28H48O2. The van der Waals surface area contributed by atoms with Crippen molar-refractivity contribution in [3.05, 3.63) is 23.3 Å². The molecule has 0 saturated heterocycles. The molecule has 30 heavy (non-hydrogen) atoms. The Morgan fingerprint density at radius 3 is 2.40 bits per heavy atom. The van der Waals surface area contributed by atoms with E-state index >= 15 is 0 Å². The van der Waals surface area contributed by atoms with Crippen LogP contribution in [0.1, 0.15) is 105 Å². The molecule has 2 nitrogen and oxygen atoms in total. The standard InChI is InChI=1S/C28H48O2/c1-19(2)9-6-10-20(3)24-14-15-25-23(13-8-16-28(24,25)5)12-7-11-22-17-26(29)21(4)27(30)18-22/h11-12,19-21,24-27,29-30H,6-10,13-18H2,1-5H3/b22-11?,23-12+/t20-,21?,24?,25?,26+,27+,28+/m0/s1. The molecule has 3 aliphatic carbocycles. The molecule has 2 unspecified atom stereocenters. The van der Waals surface area contributed by atoms with Gasteiger partial charge in [0.2, 0.25) is 0 Å². The Labute approximate surface area is 186 Å². The second-order valence-corrected chi connectivity index (χ2v) is 11.7. The van der Waals surface area contributed by atoms with Gasteiger partial charge < -0.3 is 10.2 Å². The van der Waals surface area contributed by atoms with Gasteiger partial charge in [-0.3, -0.25) is 0 Å². The fourth-order valence-electron chi connectivity index (χ4n) is 7.10. The van der Waals surface area contributed by atoms with E-state index in [-0.39, 0.29) is 5.92 Å². The fraction of sp³-hybridized carbons (Fsp3) is 0.857. The third-order valence-electron chi connectivity index (χ3n) is 9.11. The molecule has 0 heterocycles. The van der Waals surface area contributed by atoms with Crippen LogP contribution in [0, 0.1) is 35.0 Å². The Kier molecular flexibility index (Phi) is 8.29. The Morgan fingerprint density at radius 2 is 1.73 bits per heavy atom. The van der Waals surface area contributed by atoms with E-state index in [4.69, 9.17) is 0 Å². The minimum absolute atomic E-state index is 0.00231. The lowest BCUT2D eigenvalue weighted by Crippen LogP contribution is -2.36. The van der Waals surface area contributed by atoms with E-state index in [2.05, 4.69) is 39.8 Å². The van der Waals surface area contributed by atoms with Crippen LogP contribution in [0.15, 0.2) is 23.3 Å². The third kappa shape index (κ3) is 5.41. The first-order valence-electron chi connectivity index (χ1n) is 12.9. The Balaban J connectivity index is 1.61. The summed E-state index contributed by atoms with van der Waals surface area (Å²) in [5, 5.41) is 20.4. The van der Waals surface area contributed by atoms with Gasteiger partial charge in [-0.1, -0.05) is 77.2 Å². The topological polar surface area (TPSA) is 40.5 Å². The SMILES string of the molecule is CC(C)CCC[C@H](C)C1CCC2/C(=C/CC=C3C[C@@H](O)C(C)[C@H](O)C3)CCC[C@@]21C. The molecule has 2 N–H and O–H groups in total. The molecule has 0 aromatic rings. The van der Waals surface area contributed by atoms with Crippen LogP contribution >= 0.6 is 0 Å². The summed E-state index contributed by atoms with van der Waals surface area (Å²) in [6, 6.07) is 0. The van der Waals surface area contributed by atoms with Crippen LogP contribution in [0.4, 0.5) is 0 Å². The van der Waals surface area contributed by atoms with E-state index in [1.54, 1.807) is 5.57 Å². The monoisotopic (exact) mass is 416 g/mol. The van der Waals surface area contributed by atoms with Gasteiger partial charge in [0.1, 0.15) is 0 Å². The van der Waals surface area contributed by atoms with Crippen molar-refractivity contribution < 1.29 is 10.2 Å². The normalized spacial score (nSPS) is 39.4. The zero-order valence-electron chi connectivity index (χ0n) is 20.4. The van der Waals surface area contributed by atoms with Crippen molar-refractivity contribution in [1.29, 1.82) is 0 Å². The summed E-state index contributed by atoms with van der Waals surface area (Å²) < 4.78 is 0. The third-order valence-corrected chi connectivity index (χ3v) is 9.11. The van der Waals surface area contributed by atoms with Crippen LogP contribution in [0.3, 0.4) is 0 Å². The van der Waals surface area contributed by atoms with Crippen LogP contribution in [-0.2, 0) is 0 Å². The van der Waals surface area contributed by atoms with Gasteiger partial charge in [-0.2, -0.15) is 0 Å². The number of aliphatic hydroxyl groups excluding tert-OH is 2. The number of hydrogen-bond donors (Lipinski definition) is 2. The molecule has 3 aliphatic rings. The predicted molar refractivity (Wildman–Crippen MR) is 127 cm³/mol. The van der Waals surface area contributed by atoms with Crippen molar-refractivity contribution in [1.82, 2.24) is 0 Å². The smallest absolute Gasteiger partial charge is 0.0627 e. The summed E-state index contributed by atoms with van der Waals surface area (Å²) in [5.74, 6) is 3.36. The summed E-state index contributed by atoms with van der Waals surface area (Å²) in [6.07, 6.45) is 17.5. The second kappa shape index (κ2) is 10.3. The average Bonchev–Trinajstić information content (AvgIpc) is 3.03. The van der Waals surface area contributed by atoms with Gasteiger partial charge in [-0.05, 0) is 80.5 Å². The summed E-state index contributed by atoms with van der Waals surface area (Å²) in [4.78, 5) is 0. The second-order valence-electron chi connectivity index (χ2n) is 11.7. The van der Waals surface area contributed by atoms with Gasteiger partial charge >= 0.3 is 0 Å². The predicted octanol–water partition coefficient (Wildman–Crippen LogP) is 7.06. The first-order chi connectivity index (χ1) is 14.2. The van der Waals surface area contributed by atoms with Crippen LogP contribution in [0.2, 0.25) is 0 Å². The van der Waals surface area contributed by atoms with Crippen molar-refractivity contribution >= 4 is 0 Å². The number of rotatable bonds is 7. The van der Waals surface area contributed by atoms with Crippen molar-refractivity contribution in [3.8, 4) is 0 Å². The summed E-state index contributed by atoms with van der Waals surface area (Å²) in [5.41, 5.74) is 3.45. The van der Waals surface area contributed by atoms with Crippen molar-refractivity contribution in [2.24, 2.45) is 35.0 Å². The lowest BCUT2D eigenvalue weighted by atomic mass is 9.60. The lowest BCUT2D eigenvalue weighted by molar-refractivity contribution is 0.00396. The van der Waals surface area contributed by atoms with E-state index in [0.29, 0.717) is 5.41 Å². The van der Waals surface area contributed by atoms with Gasteiger partial charge in [0, 0.05) is 5.92 Å². The van der Waals surface area contributed by atoms with Gasteiger partial charge in [-0.15, -0.1) is 0 Å². The largest absolute Gasteiger partial charge is 0.392 e. The van der Waals surface area contributed by atoms with E-state index in [1.165, 1.54) is 56.9 Å². The first kappa shape index (κ1) is 24.1. The molecule has 0 amide bonds. The molecular weight excluding hydrogens is 368 g/mol. The summed E-state index contributed by atoms with van der Waals surface area (Å²) >= 11 is 0. The fourth-order valence-corrected chi connectivity index (χ4v) is 7.10. The maximum atomic E-state index is 10.2. The minimum Gasteiger partial charge on any atom is -0.392 e. The highest BCUT2D eigenvalue weighted by Crippen LogP contribution is 2.60. The zero-order valence-corrected chi connectivity index (χ0v) is 20.4. The molecule has 0 aliphatic heterocycles. The molecule has 0 bridgehead atoms. The van der Waals surface area contributed by atoms with Crippen LogP contribution in [-0.4, -0.2) is 22.4 Å². The number of fused-ring (bicyclic) bond motifs is 1. The highest BCUT2D eigenvalue weighted by Gasteiger charge is 2.50. The number of allylic oxidation sites excluding steroid dienone is 3. The molecule has 3 rings (SSSR count). The summed E-state index contributed by atoms with van der Waals surface area (Å²) in [6.45, 7) is 11.8. The molecule has 3 saturated carbocycles. The van der Waals surface area contributed by atoms with Crippen LogP contribution in [0.5, 0.6) is 0 Å². The van der Waals surface area contributed by atoms with Crippen molar-refractivity contribution in [2.45, 2.75) is 117 Å². The maximum Gasteiger partial charge on any atom is 0.0627 e. The van der Waals surface area contributed by atoms with Crippen molar-refractivity contribution in [2.75, 3.05) is 0 Å². The number of hydrogen-bond acceptors (Lipinski definition) is 2. The van der Waals surface area contributed by atoms with Crippen LogP contribution < -0.4 is 0 Å². The Bertz CT molecular complexity index is 604. The minimum atomic E-state index is -0.390. The van der Waals surface area contributed by atoms with Gasteiger partial charge in [0.25, 0.3) is 0 Å². The maximum absolute atomic E-state index is 10.2. The Hall–Kier alpha value is -0.600. The van der Waals surface area contributed by atoms with E-state index < -0.39 is 12.2 Å². The number of aliphatic hydroxyl groups is 2. The zero-order chi connectivity index (χ0) is 21.9. The molecule has 2 heteroatoms. The molecule has 0 aromatic carbocycles. The van der Waals surface area contributed by atoms with Crippen molar-refractivity contribution in [3.63, 3.8) is 0 Å². The van der Waals surface area contributed by atoms with Gasteiger partial charge in [0.15, 0.2) is 0 Å². The average molecular weight is 417 g/mol. The quantitative estimate of drug-likeness (QED) is 0.436. The molecule has 3 fully saturated rings. The lowest BCUT2D eigenvalue weighted by Gasteiger charge is -2.44. The molecule has 6 atom stereocenters. The van der Waals surface area contributed by atoms with Crippen LogP contribution in [0.25, 0.3) is 0 Å². The molecule has 172 valence electrons. The highest BCUT2D eigenvalue weighted by atomic mass is 16.3. The first-order valence-corrected chi connectivity index (χ1v) is 12.9. The van der Waals surface area contributed by atoms with E-state index in [1.807, 2.05) is 6.92 Å². The van der Waals surface area contributed by atoms with Gasteiger partial charge in [-0.25, -0.2) is 0 Å². The molecule has 0 spiro atoms. The Morgan fingerprint density at radius 1 is 1.03 bits per heavy atom. The molecule has 0 radical (unpaired) electrons. The molecule has 0 aromatic heterocycles.